The summed E-state index contributed by atoms with van der Waals surface area (Å²) in [6.07, 6.45) is 2.79. The average molecular weight is 253 g/mol. The summed E-state index contributed by atoms with van der Waals surface area (Å²) in [5, 5.41) is 0. The molecule has 1 rings (SSSR count). The van der Waals surface area contributed by atoms with Gasteiger partial charge in [0.2, 0.25) is 0 Å². The predicted octanol–water partition coefficient (Wildman–Crippen LogP) is 0.178. The molecular weight excluding hydrogens is 234 g/mol. The second-order valence-electron chi connectivity index (χ2n) is 4.05. The number of hydrogen-bond donors (Lipinski definition) is 0. The molecule has 0 aliphatic carbocycles. The summed E-state index contributed by atoms with van der Waals surface area (Å²) in [7, 11) is 0. The van der Waals surface area contributed by atoms with E-state index in [1.165, 1.54) is 6.08 Å². The van der Waals surface area contributed by atoms with Gasteiger partial charge in [-0.1, -0.05) is 19.9 Å². The Bertz CT molecular complexity index is 548. The Balaban J connectivity index is 3.64. The Labute approximate surface area is 105 Å². The van der Waals surface area contributed by atoms with Crippen LogP contribution in [0.3, 0.4) is 0 Å². The lowest BCUT2D eigenvalue weighted by Gasteiger charge is -2.11. The summed E-state index contributed by atoms with van der Waals surface area (Å²) in [6.45, 7) is 8.02. The fraction of sp³-hybridized carbons (Fsp3) is 0.583. The van der Waals surface area contributed by atoms with E-state index in [1.807, 2.05) is 13.8 Å². The second-order valence-corrected chi connectivity index (χ2v) is 4.05. The summed E-state index contributed by atoms with van der Waals surface area (Å²) in [6, 6.07) is 0. The summed E-state index contributed by atoms with van der Waals surface area (Å²) < 4.78 is 3.26. The molecule has 0 aliphatic heterocycles. The first-order chi connectivity index (χ1) is 8.58. The van der Waals surface area contributed by atoms with Gasteiger partial charge in [-0.2, -0.15) is 0 Å². The molecule has 0 saturated heterocycles. The zero-order valence-electron chi connectivity index (χ0n) is 10.9. The van der Waals surface area contributed by atoms with Gasteiger partial charge >= 0.3 is 17.1 Å². The third-order valence-electron chi connectivity index (χ3n) is 2.59. The number of hydrogen-bond acceptors (Lipinski definition) is 3. The van der Waals surface area contributed by atoms with Gasteiger partial charge in [0.1, 0.15) is 0 Å². The minimum absolute atomic E-state index is 0.116. The van der Waals surface area contributed by atoms with E-state index in [0.717, 1.165) is 13.7 Å². The van der Waals surface area contributed by atoms with Crippen molar-refractivity contribution in [3.8, 4) is 0 Å². The molecule has 6 heteroatoms. The first kappa shape index (κ1) is 14.2. The molecule has 18 heavy (non-hydrogen) atoms. The third-order valence-corrected chi connectivity index (χ3v) is 2.59. The highest BCUT2D eigenvalue weighted by atomic mass is 16.2. The van der Waals surface area contributed by atoms with E-state index < -0.39 is 17.1 Å². The van der Waals surface area contributed by atoms with Crippen molar-refractivity contribution >= 4 is 0 Å². The van der Waals surface area contributed by atoms with E-state index in [9.17, 15) is 14.4 Å². The molecule has 6 nitrogen and oxygen atoms in total. The monoisotopic (exact) mass is 253 g/mol. The molecule has 0 amide bonds. The summed E-state index contributed by atoms with van der Waals surface area (Å²) in [5.41, 5.74) is -1.63. The van der Waals surface area contributed by atoms with Crippen LogP contribution >= 0.6 is 0 Å². The lowest BCUT2D eigenvalue weighted by molar-refractivity contribution is 0.455. The van der Waals surface area contributed by atoms with Gasteiger partial charge in [-0.25, -0.2) is 28.1 Å². The van der Waals surface area contributed by atoms with Crippen LogP contribution in [0.1, 0.15) is 26.7 Å². The molecule has 0 unspecified atom stereocenters. The fourth-order valence-corrected chi connectivity index (χ4v) is 1.80. The Morgan fingerprint density at radius 1 is 0.889 bits per heavy atom. The van der Waals surface area contributed by atoms with Gasteiger partial charge in [0, 0.05) is 13.1 Å². The van der Waals surface area contributed by atoms with Crippen LogP contribution in [-0.2, 0) is 19.6 Å². The molecule has 0 saturated carbocycles. The average Bonchev–Trinajstić information content (AvgIpc) is 2.35. The lowest BCUT2D eigenvalue weighted by Crippen LogP contribution is -2.54. The number of allylic oxidation sites excluding steroid dienone is 1. The normalized spacial score (nSPS) is 10.6. The molecule has 0 aromatic carbocycles. The van der Waals surface area contributed by atoms with Crippen molar-refractivity contribution in [2.45, 2.75) is 46.3 Å². The van der Waals surface area contributed by atoms with Crippen LogP contribution in [0.5, 0.6) is 0 Å². The molecule has 1 aromatic heterocycles. The van der Waals surface area contributed by atoms with E-state index in [2.05, 4.69) is 6.58 Å². The van der Waals surface area contributed by atoms with Crippen molar-refractivity contribution in [2.24, 2.45) is 0 Å². The molecular formula is C12H19N3O3. The van der Waals surface area contributed by atoms with Gasteiger partial charge in [-0.05, 0) is 12.8 Å². The Morgan fingerprint density at radius 3 is 1.61 bits per heavy atom. The SMILES string of the molecule is C=CCn1c(=O)n(CCC)c(=O)n(CCC)c1=O. The highest BCUT2D eigenvalue weighted by Gasteiger charge is 2.13. The zero-order valence-corrected chi connectivity index (χ0v) is 10.9. The standard InChI is InChI=1S/C12H19N3O3/c1-4-7-13-10(16)14(8-5-2)12(18)15(9-6-3)11(13)17/h4H,1,5-9H2,2-3H3. The second kappa shape index (κ2) is 6.18. The van der Waals surface area contributed by atoms with Crippen molar-refractivity contribution in [2.75, 3.05) is 0 Å². The van der Waals surface area contributed by atoms with Crippen molar-refractivity contribution in [1.29, 1.82) is 0 Å². The Hall–Kier alpha value is -1.85. The highest BCUT2D eigenvalue weighted by Crippen LogP contribution is 1.83. The van der Waals surface area contributed by atoms with Crippen LogP contribution < -0.4 is 17.1 Å². The summed E-state index contributed by atoms with van der Waals surface area (Å²) in [4.78, 5) is 36.1. The van der Waals surface area contributed by atoms with Gasteiger partial charge < -0.3 is 0 Å². The van der Waals surface area contributed by atoms with Gasteiger partial charge in [0.25, 0.3) is 0 Å². The van der Waals surface area contributed by atoms with Gasteiger partial charge in [-0.15, -0.1) is 6.58 Å². The van der Waals surface area contributed by atoms with E-state index >= 15 is 0 Å². The van der Waals surface area contributed by atoms with Crippen molar-refractivity contribution in [3.63, 3.8) is 0 Å². The molecule has 0 fully saturated rings. The lowest BCUT2D eigenvalue weighted by atomic mass is 10.4. The number of aromatic nitrogens is 3. The zero-order chi connectivity index (χ0) is 13.7. The minimum Gasteiger partial charge on any atom is -0.247 e. The maximum atomic E-state index is 12.0. The summed E-state index contributed by atoms with van der Waals surface area (Å²) in [5.74, 6) is 0. The fourth-order valence-electron chi connectivity index (χ4n) is 1.80. The molecule has 0 atom stereocenters. The maximum absolute atomic E-state index is 12.0. The first-order valence-corrected chi connectivity index (χ1v) is 6.13. The van der Waals surface area contributed by atoms with Crippen LogP contribution in [0.15, 0.2) is 27.0 Å². The Morgan fingerprint density at radius 2 is 1.28 bits per heavy atom. The largest absolute Gasteiger partial charge is 0.336 e. The molecule has 0 spiro atoms. The smallest absolute Gasteiger partial charge is 0.247 e. The molecule has 1 heterocycles. The van der Waals surface area contributed by atoms with E-state index in [-0.39, 0.29) is 6.54 Å². The number of nitrogens with zero attached hydrogens (tertiary/aromatic N) is 3. The minimum atomic E-state index is -0.556. The maximum Gasteiger partial charge on any atom is 0.336 e. The van der Waals surface area contributed by atoms with E-state index in [1.54, 1.807) is 0 Å². The third kappa shape index (κ3) is 2.52. The molecule has 0 aliphatic rings. The van der Waals surface area contributed by atoms with Crippen LogP contribution in [0.2, 0.25) is 0 Å². The number of rotatable bonds is 6. The van der Waals surface area contributed by atoms with Gasteiger partial charge in [0.05, 0.1) is 6.54 Å². The predicted molar refractivity (Wildman–Crippen MR) is 70.0 cm³/mol. The van der Waals surface area contributed by atoms with Crippen LogP contribution in [0.4, 0.5) is 0 Å². The first-order valence-electron chi connectivity index (χ1n) is 6.13. The Kier molecular flexibility index (Phi) is 4.88. The molecule has 0 radical (unpaired) electrons. The summed E-state index contributed by atoms with van der Waals surface area (Å²) >= 11 is 0. The van der Waals surface area contributed by atoms with Gasteiger partial charge in [-0.3, -0.25) is 0 Å². The van der Waals surface area contributed by atoms with Crippen LogP contribution in [0, 0.1) is 0 Å². The van der Waals surface area contributed by atoms with Crippen molar-refractivity contribution in [3.05, 3.63) is 44.1 Å². The van der Waals surface area contributed by atoms with Crippen molar-refractivity contribution in [1.82, 2.24) is 13.7 Å². The van der Waals surface area contributed by atoms with E-state index in [0.29, 0.717) is 25.9 Å². The highest BCUT2D eigenvalue weighted by molar-refractivity contribution is 4.82. The van der Waals surface area contributed by atoms with E-state index in [4.69, 9.17) is 0 Å². The van der Waals surface area contributed by atoms with Crippen LogP contribution in [-0.4, -0.2) is 13.7 Å². The van der Waals surface area contributed by atoms with Crippen molar-refractivity contribution < 1.29 is 0 Å². The molecule has 100 valence electrons. The van der Waals surface area contributed by atoms with Crippen LogP contribution in [0.25, 0.3) is 0 Å². The molecule has 0 N–H and O–H groups in total. The quantitative estimate of drug-likeness (QED) is 0.679. The topological polar surface area (TPSA) is 66.0 Å². The molecule has 0 bridgehead atoms. The molecule has 1 aromatic rings. The van der Waals surface area contributed by atoms with Gasteiger partial charge in [0.15, 0.2) is 0 Å².